The van der Waals surface area contributed by atoms with Crippen molar-refractivity contribution in [2.45, 2.75) is 56.4 Å². The van der Waals surface area contributed by atoms with E-state index in [4.69, 9.17) is 0 Å². The highest BCUT2D eigenvalue weighted by atomic mass is 32.2. The maximum Gasteiger partial charge on any atom is 0.243 e. The van der Waals surface area contributed by atoms with Gasteiger partial charge in [0.05, 0.1) is 11.4 Å². The number of hydrogen-bond acceptors (Lipinski definition) is 3. The molecular formula is C18H28N2O3S. The molecule has 0 aliphatic heterocycles. The van der Waals surface area contributed by atoms with Gasteiger partial charge in [0.2, 0.25) is 15.9 Å². The van der Waals surface area contributed by atoms with Gasteiger partial charge in [0.25, 0.3) is 0 Å². The minimum absolute atomic E-state index is 0.145. The standard InChI is InChI=1S/C18H28N2O3S/c1-3-4-9-15-10-8-13-17(15)19-18(21)14-20(2)24(22,23)16-11-6-5-7-12-16/h5-7,11-12,15,17H,3-4,8-10,13-14H2,1-2H3,(H,19,21). The van der Waals surface area contributed by atoms with Gasteiger partial charge >= 0.3 is 0 Å². The Kier molecular flexibility index (Phi) is 6.80. The zero-order chi connectivity index (χ0) is 17.6. The Morgan fingerprint density at radius 2 is 1.96 bits per heavy atom. The Hall–Kier alpha value is -1.40. The van der Waals surface area contributed by atoms with E-state index in [1.54, 1.807) is 30.3 Å². The maximum absolute atomic E-state index is 12.5. The summed E-state index contributed by atoms with van der Waals surface area (Å²) in [4.78, 5) is 12.5. The van der Waals surface area contributed by atoms with Crippen LogP contribution in [-0.4, -0.2) is 38.3 Å². The number of likely N-dealkylation sites (N-methyl/N-ethyl adjacent to an activating group) is 1. The lowest BCUT2D eigenvalue weighted by Crippen LogP contribution is -2.44. The van der Waals surface area contributed by atoms with Gasteiger partial charge in [-0.2, -0.15) is 4.31 Å². The fraction of sp³-hybridized carbons (Fsp3) is 0.611. The zero-order valence-corrected chi connectivity index (χ0v) is 15.4. The molecule has 2 atom stereocenters. The summed E-state index contributed by atoms with van der Waals surface area (Å²) in [6.45, 7) is 2.03. The number of nitrogens with zero attached hydrogens (tertiary/aromatic N) is 1. The summed E-state index contributed by atoms with van der Waals surface area (Å²) in [5, 5.41) is 3.05. The molecule has 2 rings (SSSR count). The number of sulfonamides is 1. The number of carbonyl (C=O) groups excluding carboxylic acids is 1. The maximum atomic E-state index is 12.5. The van der Waals surface area contributed by atoms with Crippen LogP contribution >= 0.6 is 0 Å². The van der Waals surface area contributed by atoms with E-state index in [2.05, 4.69) is 12.2 Å². The Balaban J connectivity index is 1.92. The van der Waals surface area contributed by atoms with Crippen LogP contribution in [-0.2, 0) is 14.8 Å². The van der Waals surface area contributed by atoms with Crippen molar-refractivity contribution >= 4 is 15.9 Å². The van der Waals surface area contributed by atoms with Gasteiger partial charge in [0, 0.05) is 13.1 Å². The van der Waals surface area contributed by atoms with Gasteiger partial charge in [-0.25, -0.2) is 8.42 Å². The highest BCUT2D eigenvalue weighted by Crippen LogP contribution is 2.29. The molecule has 1 saturated carbocycles. The van der Waals surface area contributed by atoms with E-state index in [1.165, 1.54) is 13.5 Å². The number of amides is 1. The van der Waals surface area contributed by atoms with Crippen LogP contribution < -0.4 is 5.32 Å². The lowest BCUT2D eigenvalue weighted by atomic mass is 9.97. The van der Waals surface area contributed by atoms with Gasteiger partial charge < -0.3 is 5.32 Å². The summed E-state index contributed by atoms with van der Waals surface area (Å²) in [5.74, 6) is 0.315. The van der Waals surface area contributed by atoms with Crippen LogP contribution in [0.5, 0.6) is 0 Å². The van der Waals surface area contributed by atoms with Gasteiger partial charge in [-0.15, -0.1) is 0 Å². The summed E-state index contributed by atoms with van der Waals surface area (Å²) >= 11 is 0. The Bertz CT molecular complexity index is 631. The normalized spacial score (nSPS) is 21.1. The van der Waals surface area contributed by atoms with Gasteiger partial charge in [0.15, 0.2) is 0 Å². The molecule has 1 N–H and O–H groups in total. The van der Waals surface area contributed by atoms with Crippen molar-refractivity contribution in [2.24, 2.45) is 5.92 Å². The quantitative estimate of drug-likeness (QED) is 0.782. The molecule has 1 amide bonds. The fourth-order valence-electron chi connectivity index (χ4n) is 3.35. The SMILES string of the molecule is CCCCC1CCCC1NC(=O)CN(C)S(=O)(=O)c1ccccc1. The van der Waals surface area contributed by atoms with Gasteiger partial charge in [-0.3, -0.25) is 4.79 Å². The van der Waals surface area contributed by atoms with E-state index in [0.717, 1.165) is 36.4 Å². The second kappa shape index (κ2) is 8.62. The molecule has 134 valence electrons. The fourth-order valence-corrected chi connectivity index (χ4v) is 4.50. The zero-order valence-electron chi connectivity index (χ0n) is 14.6. The highest BCUT2D eigenvalue weighted by Gasteiger charge is 2.29. The van der Waals surface area contributed by atoms with Crippen LogP contribution in [0, 0.1) is 5.92 Å². The predicted molar refractivity (Wildman–Crippen MR) is 95.1 cm³/mol. The molecule has 0 saturated heterocycles. The van der Waals surface area contributed by atoms with E-state index >= 15 is 0 Å². The smallest absolute Gasteiger partial charge is 0.243 e. The highest BCUT2D eigenvalue weighted by molar-refractivity contribution is 7.89. The van der Waals surface area contributed by atoms with Crippen molar-refractivity contribution < 1.29 is 13.2 Å². The van der Waals surface area contributed by atoms with Crippen molar-refractivity contribution in [2.75, 3.05) is 13.6 Å². The van der Waals surface area contributed by atoms with Gasteiger partial charge in [0.1, 0.15) is 0 Å². The molecule has 0 aromatic heterocycles. The summed E-state index contributed by atoms with van der Waals surface area (Å²) in [6, 6.07) is 8.40. The number of carbonyl (C=O) groups is 1. The number of rotatable bonds is 8. The van der Waals surface area contributed by atoms with Gasteiger partial charge in [-0.1, -0.05) is 44.4 Å². The molecule has 1 aromatic rings. The first-order chi connectivity index (χ1) is 11.4. The third-order valence-corrected chi connectivity index (χ3v) is 6.57. The summed E-state index contributed by atoms with van der Waals surface area (Å²) in [6.07, 6.45) is 6.77. The molecule has 1 aliphatic carbocycles. The van der Waals surface area contributed by atoms with E-state index in [1.807, 2.05) is 0 Å². The van der Waals surface area contributed by atoms with Crippen LogP contribution in [0.3, 0.4) is 0 Å². The molecule has 24 heavy (non-hydrogen) atoms. The van der Waals surface area contributed by atoms with Gasteiger partial charge in [-0.05, 0) is 37.3 Å². The van der Waals surface area contributed by atoms with Crippen LogP contribution in [0.25, 0.3) is 0 Å². The number of nitrogens with one attached hydrogen (secondary N) is 1. The van der Waals surface area contributed by atoms with Crippen LogP contribution in [0.15, 0.2) is 35.2 Å². The van der Waals surface area contributed by atoms with E-state index in [0.29, 0.717) is 5.92 Å². The molecule has 1 fully saturated rings. The third-order valence-electron chi connectivity index (χ3n) is 4.75. The molecule has 6 heteroatoms. The van der Waals surface area contributed by atoms with E-state index in [9.17, 15) is 13.2 Å². The minimum Gasteiger partial charge on any atom is -0.352 e. The van der Waals surface area contributed by atoms with Crippen LogP contribution in [0.4, 0.5) is 0 Å². The third kappa shape index (κ3) is 4.80. The average molecular weight is 353 g/mol. The lowest BCUT2D eigenvalue weighted by Gasteiger charge is -2.23. The molecule has 0 heterocycles. The number of hydrogen-bond donors (Lipinski definition) is 1. The molecule has 1 aliphatic rings. The summed E-state index contributed by atoms with van der Waals surface area (Å²) < 4.78 is 26.0. The van der Waals surface area contributed by atoms with Crippen molar-refractivity contribution in [3.8, 4) is 0 Å². The molecule has 5 nitrogen and oxygen atoms in total. The molecular weight excluding hydrogens is 324 g/mol. The Morgan fingerprint density at radius 1 is 1.25 bits per heavy atom. The Morgan fingerprint density at radius 3 is 2.62 bits per heavy atom. The van der Waals surface area contributed by atoms with Crippen molar-refractivity contribution in [1.29, 1.82) is 0 Å². The monoisotopic (exact) mass is 352 g/mol. The molecule has 1 aromatic carbocycles. The average Bonchev–Trinajstić information content (AvgIpc) is 3.00. The van der Waals surface area contributed by atoms with E-state index < -0.39 is 10.0 Å². The second-order valence-corrected chi connectivity index (χ2v) is 8.63. The Labute approximate surface area is 145 Å². The van der Waals surface area contributed by atoms with Crippen LogP contribution in [0.1, 0.15) is 45.4 Å². The van der Waals surface area contributed by atoms with E-state index in [-0.39, 0.29) is 23.4 Å². The minimum atomic E-state index is -3.62. The topological polar surface area (TPSA) is 66.5 Å². The molecule has 2 unspecified atom stereocenters. The van der Waals surface area contributed by atoms with Crippen LogP contribution in [0.2, 0.25) is 0 Å². The first kappa shape index (κ1) is 18.9. The number of benzene rings is 1. The second-order valence-electron chi connectivity index (χ2n) is 6.58. The molecule has 0 spiro atoms. The summed E-state index contributed by atoms with van der Waals surface area (Å²) in [7, 11) is -2.17. The predicted octanol–water partition coefficient (Wildman–Crippen LogP) is 2.78. The first-order valence-corrected chi connectivity index (χ1v) is 10.2. The van der Waals surface area contributed by atoms with Crippen molar-refractivity contribution in [3.05, 3.63) is 30.3 Å². The van der Waals surface area contributed by atoms with Crippen molar-refractivity contribution in [3.63, 3.8) is 0 Å². The van der Waals surface area contributed by atoms with Crippen molar-refractivity contribution in [1.82, 2.24) is 9.62 Å². The largest absolute Gasteiger partial charge is 0.352 e. The first-order valence-electron chi connectivity index (χ1n) is 8.76. The molecule has 0 bridgehead atoms. The molecule has 0 radical (unpaired) electrons. The summed E-state index contributed by atoms with van der Waals surface area (Å²) in [5.41, 5.74) is 0. The number of unbranched alkanes of at least 4 members (excludes halogenated alkanes) is 1. The lowest BCUT2D eigenvalue weighted by molar-refractivity contribution is -0.122.